The van der Waals surface area contributed by atoms with Crippen molar-refractivity contribution in [3.8, 4) is 0 Å². The monoisotopic (exact) mass is 303 g/mol. The number of rotatable bonds is 5. The molecule has 118 valence electrons. The zero-order valence-electron chi connectivity index (χ0n) is 14.5. The van der Waals surface area contributed by atoms with Crippen LogP contribution in [0.2, 0.25) is 0 Å². The third-order valence-corrected chi connectivity index (χ3v) is 4.07. The van der Waals surface area contributed by atoms with Gasteiger partial charge in [-0.15, -0.1) is 0 Å². The molecular formula is C22H25N. The summed E-state index contributed by atoms with van der Waals surface area (Å²) in [6.07, 6.45) is 8.04. The van der Waals surface area contributed by atoms with Crippen LogP contribution in [0.1, 0.15) is 23.6 Å². The molecule has 0 atom stereocenters. The Kier molecular flexibility index (Phi) is 5.59. The smallest absolute Gasteiger partial charge is 0.0467 e. The highest BCUT2D eigenvalue weighted by molar-refractivity contribution is 5.71. The average molecular weight is 303 g/mol. The van der Waals surface area contributed by atoms with Crippen LogP contribution in [0, 0.1) is 20.8 Å². The quantitative estimate of drug-likeness (QED) is 0.578. The van der Waals surface area contributed by atoms with Crippen LogP contribution in [-0.4, -0.2) is 0 Å². The standard InChI is InChI=1S/C22H25N/c1-6-11-20(12-7-2)23(21-13-9-8-10-14-21)22-15-17(3)19(5)18(4)16-22/h6-16H,1H2,2-5H3/b12-7-,20-11+. The Morgan fingerprint density at radius 2 is 1.57 bits per heavy atom. The Balaban J connectivity index is 2.67. The molecule has 2 aromatic carbocycles. The minimum atomic E-state index is 1.09. The predicted octanol–water partition coefficient (Wildman–Crippen LogP) is 6.40. The van der Waals surface area contributed by atoms with E-state index < -0.39 is 0 Å². The molecule has 1 heteroatoms. The number of hydrogen-bond donors (Lipinski definition) is 0. The van der Waals surface area contributed by atoms with Crippen molar-refractivity contribution in [1.29, 1.82) is 0 Å². The summed E-state index contributed by atoms with van der Waals surface area (Å²) in [6, 6.07) is 14.9. The van der Waals surface area contributed by atoms with Crippen LogP contribution in [0.15, 0.2) is 79.0 Å². The van der Waals surface area contributed by atoms with E-state index in [4.69, 9.17) is 0 Å². The van der Waals surface area contributed by atoms with Gasteiger partial charge in [-0.3, -0.25) is 0 Å². The number of anilines is 2. The molecule has 0 aromatic heterocycles. The van der Waals surface area contributed by atoms with Crippen LogP contribution >= 0.6 is 0 Å². The highest BCUT2D eigenvalue weighted by Crippen LogP contribution is 2.33. The summed E-state index contributed by atoms with van der Waals surface area (Å²) < 4.78 is 0. The minimum absolute atomic E-state index is 1.09. The molecule has 23 heavy (non-hydrogen) atoms. The Bertz CT molecular complexity index is 713. The van der Waals surface area contributed by atoms with Crippen molar-refractivity contribution in [3.63, 3.8) is 0 Å². The predicted molar refractivity (Wildman–Crippen MR) is 102 cm³/mol. The van der Waals surface area contributed by atoms with Crippen LogP contribution < -0.4 is 4.90 Å². The molecule has 0 amide bonds. The summed E-state index contributed by atoms with van der Waals surface area (Å²) in [6.45, 7) is 12.4. The van der Waals surface area contributed by atoms with E-state index in [1.54, 1.807) is 0 Å². The highest BCUT2D eigenvalue weighted by Gasteiger charge is 2.14. The fraction of sp³-hybridized carbons (Fsp3) is 0.182. The van der Waals surface area contributed by atoms with E-state index in [0.29, 0.717) is 0 Å². The van der Waals surface area contributed by atoms with Gasteiger partial charge in [0.1, 0.15) is 0 Å². The van der Waals surface area contributed by atoms with Gasteiger partial charge in [-0.1, -0.05) is 36.9 Å². The maximum Gasteiger partial charge on any atom is 0.0467 e. The van der Waals surface area contributed by atoms with E-state index in [1.807, 2.05) is 25.1 Å². The average Bonchev–Trinajstić information content (AvgIpc) is 2.54. The van der Waals surface area contributed by atoms with Crippen LogP contribution in [0.4, 0.5) is 11.4 Å². The second kappa shape index (κ2) is 7.64. The molecule has 0 fully saturated rings. The highest BCUT2D eigenvalue weighted by atomic mass is 15.1. The Morgan fingerprint density at radius 1 is 0.957 bits per heavy atom. The van der Waals surface area contributed by atoms with E-state index in [1.165, 1.54) is 22.4 Å². The van der Waals surface area contributed by atoms with Crippen molar-refractivity contribution >= 4 is 11.4 Å². The molecule has 0 aliphatic rings. The summed E-state index contributed by atoms with van der Waals surface area (Å²) in [5, 5.41) is 0. The first-order chi connectivity index (χ1) is 11.1. The molecule has 0 spiro atoms. The number of nitrogens with zero attached hydrogens (tertiary/aromatic N) is 1. The lowest BCUT2D eigenvalue weighted by Crippen LogP contribution is -2.15. The van der Waals surface area contributed by atoms with Crippen molar-refractivity contribution in [2.24, 2.45) is 0 Å². The van der Waals surface area contributed by atoms with E-state index in [-0.39, 0.29) is 0 Å². The molecule has 0 aliphatic carbocycles. The zero-order valence-corrected chi connectivity index (χ0v) is 14.5. The van der Waals surface area contributed by atoms with Gasteiger partial charge < -0.3 is 4.90 Å². The molecule has 2 rings (SSSR count). The fourth-order valence-electron chi connectivity index (χ4n) is 2.66. The Hall–Kier alpha value is -2.54. The molecule has 2 aromatic rings. The number of allylic oxidation sites excluding steroid dienone is 4. The Labute approximate surface area is 140 Å². The largest absolute Gasteiger partial charge is 0.310 e. The lowest BCUT2D eigenvalue weighted by Gasteiger charge is -2.27. The van der Waals surface area contributed by atoms with Crippen molar-refractivity contribution in [1.82, 2.24) is 0 Å². The normalized spacial score (nSPS) is 11.7. The lowest BCUT2D eigenvalue weighted by molar-refractivity contribution is 1.17. The van der Waals surface area contributed by atoms with E-state index in [2.05, 4.69) is 80.8 Å². The molecule has 0 heterocycles. The van der Waals surface area contributed by atoms with Gasteiger partial charge in [0, 0.05) is 17.1 Å². The van der Waals surface area contributed by atoms with Crippen LogP contribution in [-0.2, 0) is 0 Å². The first-order valence-electron chi connectivity index (χ1n) is 7.97. The summed E-state index contributed by atoms with van der Waals surface area (Å²) in [7, 11) is 0. The van der Waals surface area contributed by atoms with E-state index in [9.17, 15) is 0 Å². The van der Waals surface area contributed by atoms with Gasteiger partial charge in [0.25, 0.3) is 0 Å². The van der Waals surface area contributed by atoms with Crippen LogP contribution in [0.5, 0.6) is 0 Å². The fourth-order valence-corrected chi connectivity index (χ4v) is 2.66. The molecule has 0 saturated heterocycles. The van der Waals surface area contributed by atoms with Gasteiger partial charge in [-0.25, -0.2) is 0 Å². The number of benzene rings is 2. The van der Waals surface area contributed by atoms with Gasteiger partial charge in [0.05, 0.1) is 0 Å². The second-order valence-corrected chi connectivity index (χ2v) is 5.70. The van der Waals surface area contributed by atoms with Crippen LogP contribution in [0.25, 0.3) is 0 Å². The number of aryl methyl sites for hydroxylation is 2. The van der Waals surface area contributed by atoms with Crippen molar-refractivity contribution in [2.75, 3.05) is 4.90 Å². The van der Waals surface area contributed by atoms with Gasteiger partial charge in [-0.2, -0.15) is 0 Å². The van der Waals surface area contributed by atoms with Crippen molar-refractivity contribution < 1.29 is 0 Å². The van der Waals surface area contributed by atoms with E-state index in [0.717, 1.165) is 11.4 Å². The number of hydrogen-bond acceptors (Lipinski definition) is 1. The van der Waals surface area contributed by atoms with Crippen LogP contribution in [0.3, 0.4) is 0 Å². The Morgan fingerprint density at radius 3 is 2.09 bits per heavy atom. The molecule has 0 bridgehead atoms. The minimum Gasteiger partial charge on any atom is -0.310 e. The van der Waals surface area contributed by atoms with Gasteiger partial charge >= 0.3 is 0 Å². The zero-order chi connectivity index (χ0) is 16.8. The molecule has 1 nitrogen and oxygen atoms in total. The molecule has 0 unspecified atom stereocenters. The molecular weight excluding hydrogens is 278 g/mol. The van der Waals surface area contributed by atoms with Crippen molar-refractivity contribution in [2.45, 2.75) is 27.7 Å². The first-order valence-corrected chi connectivity index (χ1v) is 7.97. The van der Waals surface area contributed by atoms with Gasteiger partial charge in [0.2, 0.25) is 0 Å². The second-order valence-electron chi connectivity index (χ2n) is 5.70. The summed E-state index contributed by atoms with van der Waals surface area (Å²) in [5.74, 6) is 0. The molecule has 0 aliphatic heterocycles. The summed E-state index contributed by atoms with van der Waals surface area (Å²) >= 11 is 0. The maximum absolute atomic E-state index is 3.86. The number of para-hydroxylation sites is 1. The van der Waals surface area contributed by atoms with Gasteiger partial charge in [-0.05, 0) is 80.8 Å². The topological polar surface area (TPSA) is 3.24 Å². The first kappa shape index (κ1) is 16.8. The summed E-state index contributed by atoms with van der Waals surface area (Å²) in [5.41, 5.74) is 7.36. The molecule has 0 N–H and O–H groups in total. The van der Waals surface area contributed by atoms with Gasteiger partial charge in [0.15, 0.2) is 0 Å². The third-order valence-electron chi connectivity index (χ3n) is 4.07. The lowest BCUT2D eigenvalue weighted by atomic mass is 10.0. The third kappa shape index (κ3) is 3.81. The van der Waals surface area contributed by atoms with E-state index >= 15 is 0 Å². The summed E-state index contributed by atoms with van der Waals surface area (Å²) in [4.78, 5) is 2.26. The maximum atomic E-state index is 3.86. The molecule has 0 saturated carbocycles. The SMILES string of the molecule is C=C/C=C(\C=C/C)N(c1ccccc1)c1cc(C)c(C)c(C)c1. The molecule has 0 radical (unpaired) electrons. The van der Waals surface area contributed by atoms with Crippen molar-refractivity contribution in [3.05, 3.63) is 95.7 Å².